The van der Waals surface area contributed by atoms with Crippen molar-refractivity contribution in [1.82, 2.24) is 4.90 Å². The third-order valence-electron chi connectivity index (χ3n) is 4.96. The first-order chi connectivity index (χ1) is 13.0. The molecule has 2 aliphatic heterocycles. The van der Waals surface area contributed by atoms with Crippen LogP contribution < -0.4 is 4.90 Å². The number of nitro groups is 1. The number of carbonyl (C=O) groups excluding carboxylic acids is 3. The smallest absolute Gasteiger partial charge is 0.309 e. The van der Waals surface area contributed by atoms with Gasteiger partial charge in [-0.15, -0.1) is 0 Å². The fourth-order valence-corrected chi connectivity index (χ4v) is 3.48. The second-order valence-corrected chi connectivity index (χ2v) is 6.66. The Morgan fingerprint density at radius 2 is 1.89 bits per heavy atom. The number of benzene rings is 1. The summed E-state index contributed by atoms with van der Waals surface area (Å²) < 4.78 is 5.10. The van der Waals surface area contributed by atoms with Gasteiger partial charge in [0.2, 0.25) is 5.91 Å². The van der Waals surface area contributed by atoms with Gasteiger partial charge < -0.3 is 9.64 Å². The summed E-state index contributed by atoms with van der Waals surface area (Å²) in [6.45, 7) is 0.935. The third kappa shape index (κ3) is 4.24. The van der Waals surface area contributed by atoms with Gasteiger partial charge in [0.15, 0.2) is 6.61 Å². The van der Waals surface area contributed by atoms with Crippen LogP contribution in [0.4, 0.5) is 11.4 Å². The van der Waals surface area contributed by atoms with Crippen LogP contribution >= 0.6 is 0 Å². The molecule has 144 valence electrons. The maximum absolute atomic E-state index is 12.2. The van der Waals surface area contributed by atoms with Crippen molar-refractivity contribution in [2.45, 2.75) is 25.7 Å². The molecular weight excluding hydrogens is 354 g/mol. The molecule has 0 aromatic heterocycles. The quantitative estimate of drug-likeness (QED) is 0.436. The van der Waals surface area contributed by atoms with E-state index >= 15 is 0 Å². The lowest BCUT2D eigenvalue weighted by molar-refractivity contribution is -0.384. The Bertz CT molecular complexity index is 757. The summed E-state index contributed by atoms with van der Waals surface area (Å²) in [7, 11) is 0. The first kappa shape index (κ1) is 18.8. The number of ether oxygens (including phenoxy) is 1. The molecular formula is C18H21N3O6. The highest BCUT2D eigenvalue weighted by Crippen LogP contribution is 2.31. The number of rotatable bonds is 5. The molecule has 2 heterocycles. The topological polar surface area (TPSA) is 110 Å². The first-order valence-electron chi connectivity index (χ1n) is 8.95. The van der Waals surface area contributed by atoms with Crippen molar-refractivity contribution in [3.8, 4) is 0 Å². The molecule has 0 aliphatic carbocycles. The van der Waals surface area contributed by atoms with Gasteiger partial charge in [-0.2, -0.15) is 0 Å². The average Bonchev–Trinajstić information content (AvgIpc) is 3.12. The van der Waals surface area contributed by atoms with Crippen LogP contribution in [0.5, 0.6) is 0 Å². The maximum atomic E-state index is 12.2. The fourth-order valence-electron chi connectivity index (χ4n) is 3.48. The number of para-hydroxylation sites is 2. The number of piperidine rings is 1. The SMILES string of the molecule is O=C(OCC(=O)N1CCCC1=O)C1CCN(c2ccccc2[N+](=O)[O-])CC1. The molecule has 0 spiro atoms. The number of hydrogen-bond donors (Lipinski definition) is 0. The van der Waals surface area contributed by atoms with Gasteiger partial charge in [-0.05, 0) is 25.3 Å². The normalized spacial score (nSPS) is 17.9. The molecule has 1 aromatic rings. The van der Waals surface area contributed by atoms with E-state index in [1.807, 2.05) is 4.90 Å². The van der Waals surface area contributed by atoms with Gasteiger partial charge in [0, 0.05) is 32.1 Å². The van der Waals surface area contributed by atoms with Gasteiger partial charge in [0.05, 0.1) is 10.8 Å². The summed E-state index contributed by atoms with van der Waals surface area (Å²) in [4.78, 5) is 49.4. The van der Waals surface area contributed by atoms with E-state index in [4.69, 9.17) is 4.74 Å². The molecule has 0 N–H and O–H groups in total. The monoisotopic (exact) mass is 375 g/mol. The van der Waals surface area contributed by atoms with Crippen molar-refractivity contribution in [1.29, 1.82) is 0 Å². The highest BCUT2D eigenvalue weighted by atomic mass is 16.6. The summed E-state index contributed by atoms with van der Waals surface area (Å²) in [5, 5.41) is 11.2. The zero-order valence-corrected chi connectivity index (χ0v) is 14.8. The van der Waals surface area contributed by atoms with Crippen molar-refractivity contribution >= 4 is 29.2 Å². The van der Waals surface area contributed by atoms with Crippen LogP contribution in [0.1, 0.15) is 25.7 Å². The summed E-state index contributed by atoms with van der Waals surface area (Å²) in [6.07, 6.45) is 1.97. The Labute approximate surface area is 156 Å². The van der Waals surface area contributed by atoms with Crippen LogP contribution in [0.2, 0.25) is 0 Å². The fraction of sp³-hybridized carbons (Fsp3) is 0.500. The van der Waals surface area contributed by atoms with E-state index in [0.29, 0.717) is 51.0 Å². The van der Waals surface area contributed by atoms with Gasteiger partial charge in [-0.1, -0.05) is 12.1 Å². The highest BCUT2D eigenvalue weighted by molar-refractivity contribution is 5.97. The first-order valence-corrected chi connectivity index (χ1v) is 8.95. The molecule has 9 nitrogen and oxygen atoms in total. The molecule has 0 saturated carbocycles. The Kier molecular flexibility index (Phi) is 5.68. The average molecular weight is 375 g/mol. The zero-order chi connectivity index (χ0) is 19.4. The molecule has 2 saturated heterocycles. The number of amides is 2. The van der Waals surface area contributed by atoms with Gasteiger partial charge in [-0.3, -0.25) is 29.4 Å². The minimum absolute atomic E-state index is 0.0411. The van der Waals surface area contributed by atoms with Gasteiger partial charge in [-0.25, -0.2) is 0 Å². The summed E-state index contributed by atoms with van der Waals surface area (Å²) in [6, 6.07) is 6.52. The van der Waals surface area contributed by atoms with E-state index < -0.39 is 23.4 Å². The number of nitro benzene ring substituents is 1. The number of carbonyl (C=O) groups is 3. The highest BCUT2D eigenvalue weighted by Gasteiger charge is 2.31. The van der Waals surface area contributed by atoms with Crippen LogP contribution in [0.25, 0.3) is 0 Å². The van der Waals surface area contributed by atoms with E-state index in [1.54, 1.807) is 18.2 Å². The number of anilines is 1. The largest absolute Gasteiger partial charge is 0.455 e. The Balaban J connectivity index is 1.50. The van der Waals surface area contributed by atoms with Crippen molar-refractivity contribution in [3.63, 3.8) is 0 Å². The molecule has 9 heteroatoms. The van der Waals surface area contributed by atoms with Crippen LogP contribution in [0, 0.1) is 16.0 Å². The molecule has 0 atom stereocenters. The molecule has 3 rings (SSSR count). The number of esters is 1. The van der Waals surface area contributed by atoms with Gasteiger partial charge in [0.1, 0.15) is 5.69 Å². The lowest BCUT2D eigenvalue weighted by atomic mass is 9.96. The maximum Gasteiger partial charge on any atom is 0.309 e. The van der Waals surface area contributed by atoms with Crippen molar-refractivity contribution in [3.05, 3.63) is 34.4 Å². The molecule has 2 aliphatic rings. The van der Waals surface area contributed by atoms with Gasteiger partial charge >= 0.3 is 5.97 Å². The summed E-state index contributed by atoms with van der Waals surface area (Å²) in [5.74, 6) is -1.53. The lowest BCUT2D eigenvalue weighted by Gasteiger charge is -2.32. The van der Waals surface area contributed by atoms with Crippen molar-refractivity contribution in [2.75, 3.05) is 31.1 Å². The predicted octanol–water partition coefficient (Wildman–Crippen LogP) is 1.50. The molecule has 0 radical (unpaired) electrons. The van der Waals surface area contributed by atoms with Crippen molar-refractivity contribution in [2.24, 2.45) is 5.92 Å². The Morgan fingerprint density at radius 3 is 2.52 bits per heavy atom. The second-order valence-electron chi connectivity index (χ2n) is 6.66. The molecule has 2 amide bonds. The zero-order valence-electron chi connectivity index (χ0n) is 14.8. The van der Waals surface area contributed by atoms with Crippen molar-refractivity contribution < 1.29 is 24.0 Å². The van der Waals surface area contributed by atoms with E-state index in [9.17, 15) is 24.5 Å². The predicted molar refractivity (Wildman–Crippen MR) is 94.9 cm³/mol. The van der Waals surface area contributed by atoms with E-state index in [1.165, 1.54) is 6.07 Å². The van der Waals surface area contributed by atoms with E-state index in [0.717, 1.165) is 4.90 Å². The van der Waals surface area contributed by atoms with Crippen LogP contribution in [0.15, 0.2) is 24.3 Å². The molecule has 1 aromatic carbocycles. The summed E-state index contributed by atoms with van der Waals surface area (Å²) in [5.41, 5.74) is 0.580. The Hall–Kier alpha value is -2.97. The van der Waals surface area contributed by atoms with E-state index in [-0.39, 0.29) is 17.5 Å². The molecule has 27 heavy (non-hydrogen) atoms. The number of hydrogen-bond acceptors (Lipinski definition) is 7. The van der Waals surface area contributed by atoms with Crippen LogP contribution in [-0.2, 0) is 19.1 Å². The molecule has 0 bridgehead atoms. The number of nitrogens with zero attached hydrogens (tertiary/aromatic N) is 3. The molecule has 0 unspecified atom stereocenters. The lowest BCUT2D eigenvalue weighted by Crippen LogP contribution is -2.39. The standard InChI is InChI=1S/C18H21N3O6/c22-16-6-3-9-20(16)17(23)12-27-18(24)13-7-10-19(11-8-13)14-4-1-2-5-15(14)21(25)26/h1-2,4-5,13H,3,6-12H2. The number of imide groups is 1. The van der Waals surface area contributed by atoms with Gasteiger partial charge in [0.25, 0.3) is 11.6 Å². The summed E-state index contributed by atoms with van der Waals surface area (Å²) >= 11 is 0. The minimum atomic E-state index is -0.483. The van der Waals surface area contributed by atoms with Crippen LogP contribution in [0.3, 0.4) is 0 Å². The minimum Gasteiger partial charge on any atom is -0.455 e. The second kappa shape index (κ2) is 8.15. The van der Waals surface area contributed by atoms with E-state index in [2.05, 4.69) is 0 Å². The third-order valence-corrected chi connectivity index (χ3v) is 4.96. The Morgan fingerprint density at radius 1 is 1.19 bits per heavy atom. The van der Waals surface area contributed by atoms with Crippen LogP contribution in [-0.4, -0.2) is 53.8 Å². The number of likely N-dealkylation sites (tertiary alicyclic amines) is 1. The molecule has 2 fully saturated rings.